The molecule has 1 aromatic carbocycles. The third-order valence-corrected chi connectivity index (χ3v) is 5.96. The van der Waals surface area contributed by atoms with Crippen molar-refractivity contribution in [3.63, 3.8) is 0 Å². The Labute approximate surface area is 166 Å². The quantitative estimate of drug-likeness (QED) is 0.689. The maximum atomic E-state index is 12.9. The number of nitrogens with one attached hydrogen (secondary N) is 1. The van der Waals surface area contributed by atoms with Crippen molar-refractivity contribution >= 4 is 28.7 Å². The summed E-state index contributed by atoms with van der Waals surface area (Å²) >= 11 is 1.40. The van der Waals surface area contributed by atoms with Gasteiger partial charge < -0.3 is 10.6 Å². The number of benzene rings is 1. The number of thiophene rings is 1. The van der Waals surface area contributed by atoms with Crippen LogP contribution in [-0.2, 0) is 13.0 Å². The fraction of sp³-hybridized carbons (Fsp3) is 0.250. The molecule has 0 aliphatic carbocycles. The number of rotatable bonds is 5. The molecule has 1 amide bonds. The minimum absolute atomic E-state index is 0.0374. The summed E-state index contributed by atoms with van der Waals surface area (Å²) in [4.78, 5) is 42.8. The topological polar surface area (TPSA) is 101 Å². The number of nitrogen functional groups attached to an aromatic ring is 1. The number of amides is 1. The molecule has 3 N–H and O–H groups in total. The number of aromatic nitrogens is 2. The van der Waals surface area contributed by atoms with Crippen LogP contribution in [0.25, 0.3) is 0 Å². The summed E-state index contributed by atoms with van der Waals surface area (Å²) in [5.74, 6) is -0.382. The smallest absolute Gasteiger partial charge is 0.330 e. The second-order valence-corrected chi connectivity index (χ2v) is 7.64. The number of aromatic amines is 1. The molecule has 0 fully saturated rings. The summed E-state index contributed by atoms with van der Waals surface area (Å²) in [5, 5.41) is 0. The monoisotopic (exact) mass is 398 g/mol. The largest absolute Gasteiger partial charge is 0.383 e. The fourth-order valence-electron chi connectivity index (χ4n) is 3.07. The zero-order chi connectivity index (χ0) is 20.4. The van der Waals surface area contributed by atoms with Crippen molar-refractivity contribution in [2.75, 3.05) is 17.7 Å². The first-order chi connectivity index (χ1) is 13.3. The number of nitrogens with zero attached hydrogens (tertiary/aromatic N) is 2. The van der Waals surface area contributed by atoms with Crippen molar-refractivity contribution in [1.82, 2.24) is 9.55 Å². The predicted molar refractivity (Wildman–Crippen MR) is 112 cm³/mol. The van der Waals surface area contributed by atoms with Crippen LogP contribution in [0.4, 0.5) is 11.5 Å². The third kappa shape index (κ3) is 3.63. The molecule has 146 valence electrons. The maximum Gasteiger partial charge on any atom is 0.330 e. The number of hydrogen-bond donors (Lipinski definition) is 2. The van der Waals surface area contributed by atoms with Gasteiger partial charge in [-0.05, 0) is 30.5 Å². The van der Waals surface area contributed by atoms with Gasteiger partial charge in [-0.3, -0.25) is 19.1 Å². The highest BCUT2D eigenvalue weighted by molar-refractivity contribution is 7.14. The average molecular weight is 398 g/mol. The minimum atomic E-state index is -0.688. The minimum Gasteiger partial charge on any atom is -0.383 e. The van der Waals surface area contributed by atoms with E-state index in [0.717, 1.165) is 22.4 Å². The van der Waals surface area contributed by atoms with Gasteiger partial charge in [0.15, 0.2) is 5.69 Å². The SMILES string of the molecule is CCc1sc(C(=O)N(C)c2c(N)n(Cc3ccccc3)c(=O)[nH]c2=O)cc1C. The van der Waals surface area contributed by atoms with Crippen LogP contribution in [0, 0.1) is 6.92 Å². The van der Waals surface area contributed by atoms with Crippen molar-refractivity contribution in [2.24, 2.45) is 0 Å². The average Bonchev–Trinajstić information content (AvgIpc) is 3.05. The van der Waals surface area contributed by atoms with Gasteiger partial charge in [-0.25, -0.2) is 4.79 Å². The number of carbonyl (C=O) groups excluding carboxylic acids is 1. The van der Waals surface area contributed by atoms with Crippen LogP contribution < -0.4 is 21.9 Å². The molecule has 2 aromatic heterocycles. The molecular weight excluding hydrogens is 376 g/mol. The van der Waals surface area contributed by atoms with Gasteiger partial charge >= 0.3 is 5.69 Å². The first kappa shape index (κ1) is 19.6. The van der Waals surface area contributed by atoms with Crippen LogP contribution in [0.1, 0.15) is 32.6 Å². The Bertz CT molecular complexity index is 1130. The van der Waals surface area contributed by atoms with E-state index in [0.29, 0.717) is 4.88 Å². The van der Waals surface area contributed by atoms with Gasteiger partial charge in [0.05, 0.1) is 11.4 Å². The van der Waals surface area contributed by atoms with Gasteiger partial charge in [-0.1, -0.05) is 37.3 Å². The predicted octanol–water partition coefficient (Wildman–Crippen LogP) is 2.38. The van der Waals surface area contributed by atoms with E-state index in [4.69, 9.17) is 5.73 Å². The Kier molecular flexibility index (Phi) is 5.51. The summed E-state index contributed by atoms with van der Waals surface area (Å²) in [6.45, 7) is 4.17. The van der Waals surface area contributed by atoms with E-state index < -0.39 is 11.2 Å². The lowest BCUT2D eigenvalue weighted by Crippen LogP contribution is -2.39. The lowest BCUT2D eigenvalue weighted by Gasteiger charge is -2.20. The molecular formula is C20H22N4O3S. The van der Waals surface area contributed by atoms with Crippen LogP contribution >= 0.6 is 11.3 Å². The number of aryl methyl sites for hydroxylation is 2. The van der Waals surface area contributed by atoms with E-state index in [1.165, 1.54) is 27.9 Å². The molecule has 28 heavy (non-hydrogen) atoms. The van der Waals surface area contributed by atoms with E-state index in [-0.39, 0.29) is 24.0 Å². The molecule has 0 unspecified atom stereocenters. The molecule has 0 spiro atoms. The summed E-state index contributed by atoms with van der Waals surface area (Å²) in [7, 11) is 1.49. The third-order valence-electron chi connectivity index (χ3n) is 4.59. The molecule has 0 bridgehead atoms. The Morgan fingerprint density at radius 1 is 1.25 bits per heavy atom. The van der Waals surface area contributed by atoms with Crippen molar-refractivity contribution in [1.29, 1.82) is 0 Å². The fourth-order valence-corrected chi connectivity index (χ4v) is 4.16. The first-order valence-electron chi connectivity index (χ1n) is 8.87. The van der Waals surface area contributed by atoms with Gasteiger partial charge in [0.2, 0.25) is 0 Å². The van der Waals surface area contributed by atoms with E-state index >= 15 is 0 Å². The first-order valence-corrected chi connectivity index (χ1v) is 9.69. The van der Waals surface area contributed by atoms with E-state index in [1.54, 1.807) is 0 Å². The molecule has 3 aromatic rings. The van der Waals surface area contributed by atoms with Crippen molar-refractivity contribution < 1.29 is 4.79 Å². The Morgan fingerprint density at radius 2 is 1.93 bits per heavy atom. The molecule has 0 radical (unpaired) electrons. The lowest BCUT2D eigenvalue weighted by atomic mass is 10.2. The maximum absolute atomic E-state index is 12.9. The van der Waals surface area contributed by atoms with E-state index in [2.05, 4.69) is 4.98 Å². The molecule has 0 saturated heterocycles. The van der Waals surface area contributed by atoms with Crippen molar-refractivity contribution in [2.45, 2.75) is 26.8 Å². The molecule has 0 atom stereocenters. The van der Waals surface area contributed by atoms with Gasteiger partial charge in [-0.2, -0.15) is 0 Å². The summed E-state index contributed by atoms with van der Waals surface area (Å²) in [6, 6.07) is 11.1. The zero-order valence-electron chi connectivity index (χ0n) is 16.0. The number of H-pyrrole nitrogens is 1. The second-order valence-electron chi connectivity index (χ2n) is 6.50. The van der Waals surface area contributed by atoms with Crippen LogP contribution in [0.15, 0.2) is 46.0 Å². The Hall–Kier alpha value is -3.13. The van der Waals surface area contributed by atoms with Crippen LogP contribution in [0.5, 0.6) is 0 Å². The summed E-state index contributed by atoms with van der Waals surface area (Å²) < 4.78 is 1.26. The normalized spacial score (nSPS) is 10.8. The molecule has 2 heterocycles. The van der Waals surface area contributed by atoms with Gasteiger partial charge in [0.1, 0.15) is 5.82 Å². The Balaban J connectivity index is 2.03. The van der Waals surface area contributed by atoms with Gasteiger partial charge in [-0.15, -0.1) is 11.3 Å². The van der Waals surface area contributed by atoms with E-state index in [9.17, 15) is 14.4 Å². The van der Waals surface area contributed by atoms with Crippen LogP contribution in [0.2, 0.25) is 0 Å². The molecule has 3 rings (SSSR count). The second kappa shape index (κ2) is 7.85. The molecule has 7 nitrogen and oxygen atoms in total. The van der Waals surface area contributed by atoms with E-state index in [1.807, 2.05) is 50.2 Å². The van der Waals surface area contributed by atoms with Crippen molar-refractivity contribution in [3.8, 4) is 0 Å². The van der Waals surface area contributed by atoms with Crippen molar-refractivity contribution in [3.05, 3.63) is 78.1 Å². The standard InChI is InChI=1S/C20H22N4O3S/c1-4-14-12(2)10-15(28-14)19(26)23(3)16-17(21)24(20(27)22-18(16)25)11-13-8-6-5-7-9-13/h5-10H,4,11,21H2,1-3H3,(H,22,25,27). The highest BCUT2D eigenvalue weighted by Gasteiger charge is 2.23. The number of hydrogen-bond acceptors (Lipinski definition) is 5. The lowest BCUT2D eigenvalue weighted by molar-refractivity contribution is 0.0996. The molecule has 0 saturated carbocycles. The molecule has 0 aliphatic rings. The summed E-state index contributed by atoms with van der Waals surface area (Å²) in [5.41, 5.74) is 6.72. The van der Waals surface area contributed by atoms with Crippen LogP contribution in [-0.4, -0.2) is 22.5 Å². The molecule has 8 heteroatoms. The number of anilines is 2. The summed E-state index contributed by atoms with van der Waals surface area (Å²) in [6.07, 6.45) is 0.832. The Morgan fingerprint density at radius 3 is 2.54 bits per heavy atom. The van der Waals surface area contributed by atoms with Gasteiger partial charge in [0, 0.05) is 11.9 Å². The highest BCUT2D eigenvalue weighted by Crippen LogP contribution is 2.26. The number of carbonyl (C=O) groups is 1. The molecule has 0 aliphatic heterocycles. The zero-order valence-corrected chi connectivity index (χ0v) is 16.8. The highest BCUT2D eigenvalue weighted by atomic mass is 32.1. The van der Waals surface area contributed by atoms with Gasteiger partial charge in [0.25, 0.3) is 11.5 Å². The number of nitrogens with two attached hydrogens (primary N) is 1. The van der Waals surface area contributed by atoms with Crippen LogP contribution in [0.3, 0.4) is 0 Å².